The quantitative estimate of drug-likeness (QED) is 0.870. The summed E-state index contributed by atoms with van der Waals surface area (Å²) in [5.74, 6) is 0.716. The number of anilines is 1. The molecule has 3 rings (SSSR count). The highest BCUT2D eigenvalue weighted by molar-refractivity contribution is 5.98. The van der Waals surface area contributed by atoms with Crippen LogP contribution >= 0.6 is 0 Å². The second kappa shape index (κ2) is 4.38. The molecule has 1 atom stereocenters. The van der Waals surface area contributed by atoms with E-state index in [0.29, 0.717) is 11.5 Å². The van der Waals surface area contributed by atoms with Crippen LogP contribution in [0.1, 0.15) is 33.6 Å². The molecule has 1 aromatic rings. The number of nitrogens with one attached hydrogen (secondary N) is 2. The first-order valence-electron chi connectivity index (χ1n) is 6.97. The number of amides is 1. The van der Waals surface area contributed by atoms with Gasteiger partial charge in [0.25, 0.3) is 0 Å². The van der Waals surface area contributed by atoms with E-state index in [1.165, 1.54) is 0 Å². The molecule has 2 heterocycles. The van der Waals surface area contributed by atoms with E-state index in [2.05, 4.69) is 10.6 Å². The molecule has 0 aromatic heterocycles. The fraction of sp³-hybridized carbons (Fsp3) is 0.533. The maximum Gasteiger partial charge on any atom is 0.246 e. The lowest BCUT2D eigenvalue weighted by Crippen LogP contribution is -2.47. The molecule has 5 heteroatoms. The van der Waals surface area contributed by atoms with E-state index in [-0.39, 0.29) is 5.91 Å². The lowest BCUT2D eigenvalue weighted by molar-refractivity contribution is -0.121. The summed E-state index contributed by atoms with van der Waals surface area (Å²) in [6.45, 7) is 6.54. The Morgan fingerprint density at radius 3 is 2.70 bits per heavy atom. The molecule has 1 amide bonds. The standard InChI is InChI=1S/C15H20N2O3/c1-14(2)19-11-6-5-10(9-12(11)20-14)17-13(18)15(3)7-4-8-16-15/h5-6,9,16H,4,7-8H2,1-3H3,(H,17,18). The van der Waals surface area contributed by atoms with Gasteiger partial charge in [-0.25, -0.2) is 0 Å². The highest BCUT2D eigenvalue weighted by Crippen LogP contribution is 2.40. The van der Waals surface area contributed by atoms with Gasteiger partial charge in [0.05, 0.1) is 5.54 Å². The van der Waals surface area contributed by atoms with Crippen molar-refractivity contribution in [3.8, 4) is 11.5 Å². The summed E-state index contributed by atoms with van der Waals surface area (Å²) in [4.78, 5) is 12.3. The predicted molar refractivity (Wildman–Crippen MR) is 76.0 cm³/mol. The summed E-state index contributed by atoms with van der Waals surface area (Å²) >= 11 is 0. The Balaban J connectivity index is 1.75. The van der Waals surface area contributed by atoms with Crippen LogP contribution in [0, 0.1) is 0 Å². The molecule has 1 fully saturated rings. The van der Waals surface area contributed by atoms with Gasteiger partial charge in [-0.3, -0.25) is 4.79 Å². The number of rotatable bonds is 2. The van der Waals surface area contributed by atoms with Crippen molar-refractivity contribution in [2.75, 3.05) is 11.9 Å². The Morgan fingerprint density at radius 1 is 1.25 bits per heavy atom. The molecule has 2 N–H and O–H groups in total. The van der Waals surface area contributed by atoms with Crippen LogP contribution in [-0.4, -0.2) is 23.8 Å². The van der Waals surface area contributed by atoms with Gasteiger partial charge in [0.2, 0.25) is 11.7 Å². The maximum atomic E-state index is 12.3. The molecule has 5 nitrogen and oxygen atoms in total. The third-order valence-electron chi connectivity index (χ3n) is 3.78. The van der Waals surface area contributed by atoms with Gasteiger partial charge in [-0.1, -0.05) is 0 Å². The number of carbonyl (C=O) groups excluding carboxylic acids is 1. The van der Waals surface area contributed by atoms with Crippen molar-refractivity contribution >= 4 is 11.6 Å². The molecule has 0 aliphatic carbocycles. The second-order valence-electron chi connectivity index (χ2n) is 6.08. The summed E-state index contributed by atoms with van der Waals surface area (Å²) in [6.07, 6.45) is 1.88. The van der Waals surface area contributed by atoms with E-state index < -0.39 is 11.3 Å². The average molecular weight is 276 g/mol. The van der Waals surface area contributed by atoms with E-state index in [4.69, 9.17) is 9.47 Å². The van der Waals surface area contributed by atoms with E-state index >= 15 is 0 Å². The first-order valence-corrected chi connectivity index (χ1v) is 6.97. The Kier molecular flexibility index (Phi) is 2.90. The van der Waals surface area contributed by atoms with Gasteiger partial charge in [-0.05, 0) is 38.4 Å². The van der Waals surface area contributed by atoms with Crippen LogP contribution in [0.25, 0.3) is 0 Å². The number of benzene rings is 1. The number of ether oxygens (including phenoxy) is 2. The van der Waals surface area contributed by atoms with Crippen molar-refractivity contribution in [1.29, 1.82) is 0 Å². The van der Waals surface area contributed by atoms with Crippen molar-refractivity contribution in [1.82, 2.24) is 5.32 Å². The molecule has 0 saturated carbocycles. The molecule has 20 heavy (non-hydrogen) atoms. The molecular formula is C15H20N2O3. The van der Waals surface area contributed by atoms with Crippen LogP contribution in [-0.2, 0) is 4.79 Å². The number of hydrogen-bond donors (Lipinski definition) is 2. The lowest BCUT2D eigenvalue weighted by atomic mass is 9.99. The van der Waals surface area contributed by atoms with Gasteiger partial charge in [0.1, 0.15) is 0 Å². The summed E-state index contributed by atoms with van der Waals surface area (Å²) in [7, 11) is 0. The Hall–Kier alpha value is -1.75. The number of hydrogen-bond acceptors (Lipinski definition) is 4. The Bertz CT molecular complexity index is 548. The second-order valence-corrected chi connectivity index (χ2v) is 6.08. The van der Waals surface area contributed by atoms with Crippen LogP contribution in [0.3, 0.4) is 0 Å². The SMILES string of the molecule is CC1(C)Oc2ccc(NC(=O)C3(C)CCCN3)cc2O1. The van der Waals surface area contributed by atoms with Gasteiger partial charge >= 0.3 is 0 Å². The zero-order chi connectivity index (χ0) is 14.4. The molecule has 2 aliphatic rings. The fourth-order valence-electron chi connectivity index (χ4n) is 2.66. The minimum absolute atomic E-state index is 0.00637. The van der Waals surface area contributed by atoms with Gasteiger partial charge in [0, 0.05) is 25.6 Å². The Morgan fingerprint density at radius 2 is 2.00 bits per heavy atom. The zero-order valence-corrected chi connectivity index (χ0v) is 12.1. The Labute approximate surface area is 118 Å². The van der Waals surface area contributed by atoms with Crippen molar-refractivity contribution in [2.24, 2.45) is 0 Å². The van der Waals surface area contributed by atoms with Crippen molar-refractivity contribution in [3.63, 3.8) is 0 Å². The minimum atomic E-state index is -0.649. The minimum Gasteiger partial charge on any atom is -0.449 e. The van der Waals surface area contributed by atoms with Gasteiger partial charge in [-0.15, -0.1) is 0 Å². The predicted octanol–water partition coefficient (Wildman–Crippen LogP) is 2.27. The molecule has 0 spiro atoms. The van der Waals surface area contributed by atoms with Crippen molar-refractivity contribution in [3.05, 3.63) is 18.2 Å². The topological polar surface area (TPSA) is 59.6 Å². The third-order valence-corrected chi connectivity index (χ3v) is 3.78. The third kappa shape index (κ3) is 2.33. The average Bonchev–Trinajstić information content (AvgIpc) is 2.91. The molecule has 1 unspecified atom stereocenters. The van der Waals surface area contributed by atoms with E-state index in [1.54, 1.807) is 6.07 Å². The van der Waals surface area contributed by atoms with Crippen LogP contribution in [0.5, 0.6) is 11.5 Å². The zero-order valence-electron chi connectivity index (χ0n) is 12.1. The molecular weight excluding hydrogens is 256 g/mol. The van der Waals surface area contributed by atoms with Crippen molar-refractivity contribution in [2.45, 2.75) is 44.9 Å². The highest BCUT2D eigenvalue weighted by atomic mass is 16.7. The summed E-state index contributed by atoms with van der Waals surface area (Å²) < 4.78 is 11.3. The summed E-state index contributed by atoms with van der Waals surface area (Å²) in [5.41, 5.74) is 0.250. The molecule has 1 saturated heterocycles. The first kappa shape index (κ1) is 13.2. The van der Waals surface area contributed by atoms with Gasteiger partial charge < -0.3 is 20.1 Å². The summed E-state index contributed by atoms with van der Waals surface area (Å²) in [5, 5.41) is 6.19. The first-order chi connectivity index (χ1) is 9.38. The number of fused-ring (bicyclic) bond motifs is 1. The summed E-state index contributed by atoms with van der Waals surface area (Å²) in [6, 6.07) is 5.46. The van der Waals surface area contributed by atoms with Crippen LogP contribution < -0.4 is 20.1 Å². The molecule has 0 bridgehead atoms. The van der Waals surface area contributed by atoms with E-state index in [9.17, 15) is 4.79 Å². The molecule has 1 aromatic carbocycles. The van der Waals surface area contributed by atoms with Gasteiger partial charge in [-0.2, -0.15) is 0 Å². The van der Waals surface area contributed by atoms with Crippen LogP contribution in [0.15, 0.2) is 18.2 Å². The smallest absolute Gasteiger partial charge is 0.246 e. The monoisotopic (exact) mass is 276 g/mol. The normalized spacial score (nSPS) is 26.6. The fourth-order valence-corrected chi connectivity index (χ4v) is 2.66. The van der Waals surface area contributed by atoms with Crippen LogP contribution in [0.2, 0.25) is 0 Å². The van der Waals surface area contributed by atoms with Crippen LogP contribution in [0.4, 0.5) is 5.69 Å². The van der Waals surface area contributed by atoms with Crippen molar-refractivity contribution < 1.29 is 14.3 Å². The molecule has 0 radical (unpaired) electrons. The van der Waals surface area contributed by atoms with E-state index in [1.807, 2.05) is 32.9 Å². The molecule has 2 aliphatic heterocycles. The largest absolute Gasteiger partial charge is 0.449 e. The lowest BCUT2D eigenvalue weighted by Gasteiger charge is -2.23. The van der Waals surface area contributed by atoms with E-state index in [0.717, 1.165) is 25.1 Å². The van der Waals surface area contributed by atoms with Gasteiger partial charge in [0.15, 0.2) is 11.5 Å². The maximum absolute atomic E-state index is 12.3. The number of carbonyl (C=O) groups is 1. The molecule has 108 valence electrons. The highest BCUT2D eigenvalue weighted by Gasteiger charge is 2.36.